The molecule has 0 saturated heterocycles. The summed E-state index contributed by atoms with van der Waals surface area (Å²) in [6.45, 7) is 3.18. The molecule has 3 heterocycles. The summed E-state index contributed by atoms with van der Waals surface area (Å²) < 4.78 is 21.5. The predicted octanol–water partition coefficient (Wildman–Crippen LogP) is 4.06. The van der Waals surface area contributed by atoms with Gasteiger partial charge in [-0.3, -0.25) is 0 Å². The Morgan fingerprint density at radius 1 is 1.29 bits per heavy atom. The van der Waals surface area contributed by atoms with E-state index in [1.54, 1.807) is 13.3 Å². The van der Waals surface area contributed by atoms with Gasteiger partial charge in [0.15, 0.2) is 0 Å². The molecular formula is C21H24FN5O. The summed E-state index contributed by atoms with van der Waals surface area (Å²) in [7, 11) is 1.60. The van der Waals surface area contributed by atoms with Crippen LogP contribution in [-0.4, -0.2) is 38.7 Å². The highest BCUT2D eigenvalue weighted by atomic mass is 19.1. The number of fused-ring (bicyclic) bond motifs is 2. The molecule has 0 amide bonds. The molecule has 0 radical (unpaired) electrons. The number of rotatable bonds is 5. The second-order valence-corrected chi connectivity index (χ2v) is 7.57. The number of aromatic nitrogens is 4. The van der Waals surface area contributed by atoms with Gasteiger partial charge in [0.1, 0.15) is 11.3 Å². The average molecular weight is 381 g/mol. The highest BCUT2D eigenvalue weighted by Crippen LogP contribution is 2.36. The second-order valence-electron chi connectivity index (χ2n) is 7.57. The molecule has 146 valence electrons. The van der Waals surface area contributed by atoms with E-state index in [1.807, 2.05) is 16.7 Å². The Hall–Kier alpha value is -2.96. The summed E-state index contributed by atoms with van der Waals surface area (Å²) in [6.07, 6.45) is 10.7. The van der Waals surface area contributed by atoms with Gasteiger partial charge in [-0.2, -0.15) is 4.98 Å². The van der Waals surface area contributed by atoms with Crippen molar-refractivity contribution in [3.05, 3.63) is 53.6 Å². The number of ether oxygens (including phenoxy) is 1. The summed E-state index contributed by atoms with van der Waals surface area (Å²) in [5.74, 6) is 0.899. The summed E-state index contributed by atoms with van der Waals surface area (Å²) >= 11 is 0. The quantitative estimate of drug-likeness (QED) is 0.722. The van der Waals surface area contributed by atoms with Gasteiger partial charge in [-0.1, -0.05) is 6.08 Å². The third kappa shape index (κ3) is 3.69. The number of aryl methyl sites for hydroxylation is 1. The summed E-state index contributed by atoms with van der Waals surface area (Å²) in [6, 6.07) is 4.05. The number of hydrogen-bond acceptors (Lipinski definition) is 5. The largest absolute Gasteiger partial charge is 0.480 e. The number of halogens is 1. The van der Waals surface area contributed by atoms with Crippen LogP contribution in [0.2, 0.25) is 0 Å². The second kappa shape index (κ2) is 7.22. The van der Waals surface area contributed by atoms with Crippen molar-refractivity contribution in [2.75, 3.05) is 19.0 Å². The lowest BCUT2D eigenvalue weighted by molar-refractivity contribution is 0.234. The highest BCUT2D eigenvalue weighted by molar-refractivity contribution is 5.84. The third-order valence-corrected chi connectivity index (χ3v) is 4.75. The van der Waals surface area contributed by atoms with Crippen molar-refractivity contribution in [3.63, 3.8) is 0 Å². The van der Waals surface area contributed by atoms with E-state index in [9.17, 15) is 4.39 Å². The minimum absolute atomic E-state index is 0.134. The Kier molecular flexibility index (Phi) is 4.75. The van der Waals surface area contributed by atoms with Crippen LogP contribution in [0.5, 0.6) is 5.88 Å². The Morgan fingerprint density at radius 3 is 2.93 bits per heavy atom. The summed E-state index contributed by atoms with van der Waals surface area (Å²) in [5, 5.41) is 3.00. The number of allylic oxidation sites excluding steroid dienone is 1. The number of anilines is 1. The van der Waals surface area contributed by atoms with Crippen LogP contribution in [0.15, 0.2) is 36.8 Å². The van der Waals surface area contributed by atoms with Crippen molar-refractivity contribution < 1.29 is 9.13 Å². The normalized spacial score (nSPS) is 14.4. The van der Waals surface area contributed by atoms with E-state index in [2.05, 4.69) is 38.6 Å². The van der Waals surface area contributed by atoms with E-state index < -0.39 is 5.67 Å². The monoisotopic (exact) mass is 381 g/mol. The maximum Gasteiger partial charge on any atom is 0.226 e. The molecule has 0 unspecified atom stereocenters. The molecule has 1 aliphatic carbocycles. The molecule has 3 aromatic rings. The maximum atomic E-state index is 13.9. The number of hydrogen-bond donors (Lipinski definition) is 1. The Morgan fingerprint density at radius 2 is 2.14 bits per heavy atom. The van der Waals surface area contributed by atoms with Gasteiger partial charge in [-0.05, 0) is 56.4 Å². The van der Waals surface area contributed by atoms with E-state index in [0.29, 0.717) is 11.8 Å². The molecule has 0 atom stereocenters. The van der Waals surface area contributed by atoms with Gasteiger partial charge in [-0.25, -0.2) is 14.4 Å². The van der Waals surface area contributed by atoms with Crippen LogP contribution in [0.1, 0.15) is 43.5 Å². The molecule has 0 bridgehead atoms. The Labute approximate surface area is 163 Å². The average Bonchev–Trinajstić information content (AvgIpc) is 3.03. The lowest BCUT2D eigenvalue weighted by atomic mass is 9.98. The number of imidazole rings is 1. The van der Waals surface area contributed by atoms with E-state index >= 15 is 0 Å². The number of nitrogens with one attached hydrogen (secondary N) is 1. The fourth-order valence-electron chi connectivity index (χ4n) is 3.41. The van der Waals surface area contributed by atoms with Gasteiger partial charge in [-0.15, -0.1) is 0 Å². The molecule has 4 rings (SSSR count). The summed E-state index contributed by atoms with van der Waals surface area (Å²) in [4.78, 5) is 13.5. The minimum atomic E-state index is -1.35. The Balaban J connectivity index is 1.78. The Bertz CT molecular complexity index is 1030. The molecule has 28 heavy (non-hydrogen) atoms. The lowest BCUT2D eigenvalue weighted by Crippen LogP contribution is -2.25. The van der Waals surface area contributed by atoms with Gasteiger partial charge in [0, 0.05) is 18.6 Å². The number of alkyl halides is 1. The van der Waals surface area contributed by atoms with E-state index in [-0.39, 0.29) is 6.54 Å². The zero-order valence-corrected chi connectivity index (χ0v) is 16.4. The van der Waals surface area contributed by atoms with Gasteiger partial charge < -0.3 is 14.5 Å². The molecule has 1 aliphatic rings. The molecule has 7 heteroatoms. The number of methoxy groups -OCH3 is 1. The number of nitrogens with zero attached hydrogens (tertiary/aromatic N) is 4. The summed E-state index contributed by atoms with van der Waals surface area (Å²) in [5.41, 5.74) is 3.48. The van der Waals surface area contributed by atoms with Crippen molar-refractivity contribution in [1.29, 1.82) is 0 Å². The molecule has 0 fully saturated rings. The lowest BCUT2D eigenvalue weighted by Gasteiger charge is -2.18. The molecular weight excluding hydrogens is 357 g/mol. The first kappa shape index (κ1) is 18.4. The molecule has 3 aromatic heterocycles. The van der Waals surface area contributed by atoms with Gasteiger partial charge in [0.25, 0.3) is 0 Å². The molecule has 0 aliphatic heterocycles. The van der Waals surface area contributed by atoms with Crippen LogP contribution in [0.3, 0.4) is 0 Å². The number of pyridine rings is 1. The minimum Gasteiger partial charge on any atom is -0.480 e. The van der Waals surface area contributed by atoms with Crippen LogP contribution < -0.4 is 10.1 Å². The maximum absolute atomic E-state index is 13.9. The van der Waals surface area contributed by atoms with Crippen LogP contribution in [-0.2, 0) is 6.42 Å². The van der Waals surface area contributed by atoms with Gasteiger partial charge in [0.2, 0.25) is 11.8 Å². The fraction of sp³-hybridized carbons (Fsp3) is 0.381. The topological polar surface area (TPSA) is 64.3 Å². The van der Waals surface area contributed by atoms with E-state index in [4.69, 9.17) is 4.74 Å². The van der Waals surface area contributed by atoms with Crippen LogP contribution in [0.25, 0.3) is 11.2 Å². The van der Waals surface area contributed by atoms with E-state index in [0.717, 1.165) is 47.3 Å². The smallest absolute Gasteiger partial charge is 0.226 e. The van der Waals surface area contributed by atoms with Crippen LogP contribution >= 0.6 is 0 Å². The zero-order chi connectivity index (χ0) is 19.7. The molecule has 1 N–H and O–H groups in total. The highest BCUT2D eigenvalue weighted by Gasteiger charge is 2.23. The van der Waals surface area contributed by atoms with Crippen LogP contribution in [0, 0.1) is 0 Å². The van der Waals surface area contributed by atoms with Crippen molar-refractivity contribution >= 4 is 17.2 Å². The van der Waals surface area contributed by atoms with Crippen molar-refractivity contribution in [1.82, 2.24) is 19.4 Å². The van der Waals surface area contributed by atoms with Gasteiger partial charge in [0.05, 0.1) is 24.9 Å². The molecule has 0 aromatic carbocycles. The van der Waals surface area contributed by atoms with Crippen molar-refractivity contribution in [2.45, 2.75) is 38.8 Å². The fourth-order valence-corrected chi connectivity index (χ4v) is 3.41. The van der Waals surface area contributed by atoms with E-state index in [1.165, 1.54) is 13.8 Å². The van der Waals surface area contributed by atoms with Crippen LogP contribution in [0.4, 0.5) is 10.3 Å². The SMILES string of the molecule is COc1nc(NCC(C)(C)F)nc2c1C(c1ccc3nccn3c1)=CCCC2. The first-order valence-electron chi connectivity index (χ1n) is 9.46. The predicted molar refractivity (Wildman–Crippen MR) is 107 cm³/mol. The molecule has 0 spiro atoms. The van der Waals surface area contributed by atoms with Crippen molar-refractivity contribution in [3.8, 4) is 5.88 Å². The molecule has 0 saturated carbocycles. The third-order valence-electron chi connectivity index (χ3n) is 4.75. The van der Waals surface area contributed by atoms with Gasteiger partial charge >= 0.3 is 0 Å². The first-order valence-corrected chi connectivity index (χ1v) is 9.46. The standard InChI is InChI=1S/C21H24FN5O/c1-21(2,22)13-24-20-25-16-7-5-4-6-15(18(16)19(26-20)28-3)14-8-9-17-23-10-11-27(17)12-14/h6,8-12H,4-5,7,13H2,1-3H3,(H,24,25,26). The molecule has 6 nitrogen and oxygen atoms in total. The zero-order valence-electron chi connectivity index (χ0n) is 16.4. The van der Waals surface area contributed by atoms with Crippen molar-refractivity contribution in [2.24, 2.45) is 0 Å². The first-order chi connectivity index (χ1) is 13.4.